The number of hydrogen-bond donors (Lipinski definition) is 1. The number of aliphatic hydroxyl groups excluding tert-OH is 1. The minimum atomic E-state index is 0.0842. The van der Waals surface area contributed by atoms with Gasteiger partial charge in [0, 0.05) is 18.1 Å². The Hall–Kier alpha value is -1.61. The van der Waals surface area contributed by atoms with Gasteiger partial charge in [0.25, 0.3) is 0 Å². The predicted molar refractivity (Wildman–Crippen MR) is 66.8 cm³/mol. The van der Waals surface area contributed by atoms with Crippen molar-refractivity contribution < 1.29 is 9.63 Å². The van der Waals surface area contributed by atoms with E-state index in [9.17, 15) is 0 Å². The molecule has 0 radical (unpaired) electrons. The first kappa shape index (κ1) is 11.9. The molecule has 2 aromatic rings. The summed E-state index contributed by atoms with van der Waals surface area (Å²) in [6.07, 6.45) is 0.511. The van der Waals surface area contributed by atoms with Crippen LogP contribution in [0.1, 0.15) is 31.1 Å². The van der Waals surface area contributed by atoms with Crippen LogP contribution < -0.4 is 0 Å². The highest BCUT2D eigenvalue weighted by molar-refractivity contribution is 5.59. The molecular weight excluding hydrogens is 214 g/mol. The van der Waals surface area contributed by atoms with E-state index in [0.29, 0.717) is 12.3 Å². The van der Waals surface area contributed by atoms with Crippen LogP contribution in [0.15, 0.2) is 34.9 Å². The number of aromatic nitrogens is 1. The lowest BCUT2D eigenvalue weighted by Gasteiger charge is -2.04. The number of nitrogens with zero attached hydrogens (tertiary/aromatic N) is 1. The molecule has 1 N–H and O–H groups in total. The van der Waals surface area contributed by atoms with Crippen LogP contribution in [0.5, 0.6) is 0 Å². The number of aliphatic hydroxyl groups is 1. The van der Waals surface area contributed by atoms with E-state index in [1.165, 1.54) is 5.56 Å². The van der Waals surface area contributed by atoms with Crippen LogP contribution in [0.25, 0.3) is 11.3 Å². The Labute approximate surface area is 101 Å². The van der Waals surface area contributed by atoms with Crippen molar-refractivity contribution in [3.63, 3.8) is 0 Å². The van der Waals surface area contributed by atoms with E-state index in [0.717, 1.165) is 17.0 Å². The molecule has 0 unspecified atom stereocenters. The molecule has 1 aromatic carbocycles. The minimum absolute atomic E-state index is 0.0842. The van der Waals surface area contributed by atoms with Crippen molar-refractivity contribution in [1.82, 2.24) is 5.16 Å². The monoisotopic (exact) mass is 231 g/mol. The first-order valence-electron chi connectivity index (χ1n) is 5.87. The lowest BCUT2D eigenvalue weighted by molar-refractivity contribution is 0.277. The highest BCUT2D eigenvalue weighted by Gasteiger charge is 2.06. The van der Waals surface area contributed by atoms with Gasteiger partial charge < -0.3 is 9.63 Å². The summed E-state index contributed by atoms with van der Waals surface area (Å²) in [7, 11) is 0. The highest BCUT2D eigenvalue weighted by atomic mass is 16.5. The molecule has 17 heavy (non-hydrogen) atoms. The Morgan fingerprint density at radius 1 is 1.24 bits per heavy atom. The van der Waals surface area contributed by atoms with Gasteiger partial charge in [0.15, 0.2) is 0 Å². The molecule has 0 spiro atoms. The Bertz CT molecular complexity index is 471. The van der Waals surface area contributed by atoms with Crippen molar-refractivity contribution in [2.75, 3.05) is 6.61 Å². The zero-order valence-electron chi connectivity index (χ0n) is 10.2. The van der Waals surface area contributed by atoms with Crippen molar-refractivity contribution in [1.29, 1.82) is 0 Å². The van der Waals surface area contributed by atoms with E-state index in [1.54, 1.807) is 0 Å². The molecule has 1 heterocycles. The van der Waals surface area contributed by atoms with Gasteiger partial charge >= 0.3 is 0 Å². The maximum Gasteiger partial charge on any atom is 0.139 e. The van der Waals surface area contributed by atoms with E-state index >= 15 is 0 Å². The van der Waals surface area contributed by atoms with Crippen LogP contribution in [-0.4, -0.2) is 16.9 Å². The lowest BCUT2D eigenvalue weighted by atomic mass is 10.0. The van der Waals surface area contributed by atoms with Crippen LogP contribution >= 0.6 is 0 Å². The Morgan fingerprint density at radius 3 is 2.53 bits per heavy atom. The van der Waals surface area contributed by atoms with Crippen molar-refractivity contribution in [2.45, 2.75) is 26.2 Å². The van der Waals surface area contributed by atoms with Gasteiger partial charge in [-0.25, -0.2) is 0 Å². The largest absolute Gasteiger partial charge is 0.396 e. The highest BCUT2D eigenvalue weighted by Crippen LogP contribution is 2.22. The van der Waals surface area contributed by atoms with Crippen LogP contribution in [0.2, 0.25) is 0 Å². The molecular formula is C14H17NO2. The third kappa shape index (κ3) is 2.74. The maximum atomic E-state index is 8.81. The van der Waals surface area contributed by atoms with Gasteiger partial charge in [-0.15, -0.1) is 0 Å². The molecule has 0 aliphatic rings. The second kappa shape index (κ2) is 5.15. The third-order valence-corrected chi connectivity index (χ3v) is 2.79. The summed E-state index contributed by atoms with van der Waals surface area (Å²) in [6.45, 7) is 4.43. The second-order valence-electron chi connectivity index (χ2n) is 4.43. The standard InChI is InChI=1S/C14H17NO2/c1-10(2)11-3-5-12(6-4-11)14-9-13(7-8-16)17-15-14/h3-6,9-10,16H,7-8H2,1-2H3. The fourth-order valence-corrected chi connectivity index (χ4v) is 1.72. The molecule has 0 aliphatic carbocycles. The van der Waals surface area contributed by atoms with Gasteiger partial charge in [-0.2, -0.15) is 0 Å². The van der Waals surface area contributed by atoms with Gasteiger partial charge in [0.2, 0.25) is 0 Å². The topological polar surface area (TPSA) is 46.3 Å². The summed E-state index contributed by atoms with van der Waals surface area (Å²) in [5, 5.41) is 12.8. The Kier molecular flexibility index (Phi) is 3.59. The van der Waals surface area contributed by atoms with Gasteiger partial charge in [-0.05, 0) is 11.5 Å². The predicted octanol–water partition coefficient (Wildman–Crippen LogP) is 3.00. The number of hydrogen-bond acceptors (Lipinski definition) is 3. The minimum Gasteiger partial charge on any atom is -0.396 e. The summed E-state index contributed by atoms with van der Waals surface area (Å²) in [5.41, 5.74) is 3.18. The first-order valence-corrected chi connectivity index (χ1v) is 5.87. The molecule has 0 aliphatic heterocycles. The lowest BCUT2D eigenvalue weighted by Crippen LogP contribution is -1.87. The fraction of sp³-hybridized carbons (Fsp3) is 0.357. The average Bonchev–Trinajstić information content (AvgIpc) is 2.78. The van der Waals surface area contributed by atoms with E-state index < -0.39 is 0 Å². The van der Waals surface area contributed by atoms with E-state index in [2.05, 4.69) is 43.3 Å². The van der Waals surface area contributed by atoms with Crippen LogP contribution in [0.3, 0.4) is 0 Å². The first-order chi connectivity index (χ1) is 8.20. The smallest absolute Gasteiger partial charge is 0.139 e. The molecule has 0 saturated heterocycles. The molecule has 1 aromatic heterocycles. The molecule has 3 heteroatoms. The van der Waals surface area contributed by atoms with Gasteiger partial charge in [-0.3, -0.25) is 0 Å². The van der Waals surface area contributed by atoms with Crippen LogP contribution in [-0.2, 0) is 6.42 Å². The molecule has 0 amide bonds. The van der Waals surface area contributed by atoms with Crippen molar-refractivity contribution in [2.24, 2.45) is 0 Å². The normalized spacial score (nSPS) is 11.1. The number of rotatable bonds is 4. The second-order valence-corrected chi connectivity index (χ2v) is 4.43. The van der Waals surface area contributed by atoms with E-state index in [1.807, 2.05) is 6.07 Å². The van der Waals surface area contributed by atoms with Crippen molar-refractivity contribution in [3.8, 4) is 11.3 Å². The Balaban J connectivity index is 2.21. The molecule has 0 fully saturated rings. The summed E-state index contributed by atoms with van der Waals surface area (Å²) < 4.78 is 5.13. The summed E-state index contributed by atoms with van der Waals surface area (Å²) in [6, 6.07) is 10.2. The van der Waals surface area contributed by atoms with Gasteiger partial charge in [0.1, 0.15) is 11.5 Å². The van der Waals surface area contributed by atoms with E-state index in [-0.39, 0.29) is 6.61 Å². The summed E-state index contributed by atoms with van der Waals surface area (Å²) in [4.78, 5) is 0. The molecule has 0 saturated carbocycles. The SMILES string of the molecule is CC(C)c1ccc(-c2cc(CCO)on2)cc1. The van der Waals surface area contributed by atoms with Gasteiger partial charge in [-0.1, -0.05) is 43.3 Å². The quantitative estimate of drug-likeness (QED) is 0.879. The summed E-state index contributed by atoms with van der Waals surface area (Å²) in [5.74, 6) is 1.25. The zero-order valence-corrected chi connectivity index (χ0v) is 10.2. The molecule has 3 nitrogen and oxygen atoms in total. The van der Waals surface area contributed by atoms with Crippen LogP contribution in [0, 0.1) is 0 Å². The molecule has 0 bridgehead atoms. The third-order valence-electron chi connectivity index (χ3n) is 2.79. The van der Waals surface area contributed by atoms with Crippen LogP contribution in [0.4, 0.5) is 0 Å². The van der Waals surface area contributed by atoms with Gasteiger partial charge in [0.05, 0.1) is 6.61 Å². The van der Waals surface area contributed by atoms with Crippen molar-refractivity contribution in [3.05, 3.63) is 41.7 Å². The fourth-order valence-electron chi connectivity index (χ4n) is 1.72. The van der Waals surface area contributed by atoms with Crippen molar-refractivity contribution >= 4 is 0 Å². The summed E-state index contributed by atoms with van der Waals surface area (Å²) >= 11 is 0. The van der Waals surface area contributed by atoms with E-state index in [4.69, 9.17) is 9.63 Å². The zero-order chi connectivity index (χ0) is 12.3. The average molecular weight is 231 g/mol. The maximum absolute atomic E-state index is 8.81. The molecule has 2 rings (SSSR count). The Morgan fingerprint density at radius 2 is 1.94 bits per heavy atom. The molecule has 0 atom stereocenters. The molecule has 90 valence electrons. The number of benzene rings is 1.